The van der Waals surface area contributed by atoms with Crippen LogP contribution in [0.1, 0.15) is 5.56 Å². The Morgan fingerprint density at radius 1 is 1.50 bits per heavy atom. The molecule has 0 atom stereocenters. The lowest BCUT2D eigenvalue weighted by molar-refractivity contribution is 1.25. The second kappa shape index (κ2) is 2.94. The maximum absolute atomic E-state index is 5.25. The number of thiol groups is 1. The van der Waals surface area contributed by atoms with Gasteiger partial charge in [0, 0.05) is 4.90 Å². The molecule has 10 heavy (non-hydrogen) atoms. The van der Waals surface area contributed by atoms with Crippen LogP contribution in [-0.4, -0.2) is 0 Å². The van der Waals surface area contributed by atoms with E-state index < -0.39 is 0 Å². The van der Waals surface area contributed by atoms with E-state index in [2.05, 4.69) is 18.1 Å². The summed E-state index contributed by atoms with van der Waals surface area (Å²) < 4.78 is 0. The van der Waals surface area contributed by atoms with Crippen molar-refractivity contribution in [2.45, 2.75) is 11.8 Å². The van der Waals surface area contributed by atoms with Crippen LogP contribution in [0, 0.1) is 6.92 Å². The van der Waals surface area contributed by atoms with E-state index >= 15 is 0 Å². The third kappa shape index (κ3) is 1.25. The van der Waals surface area contributed by atoms with E-state index in [9.17, 15) is 0 Å². The zero-order valence-electron chi connectivity index (χ0n) is 5.76. The first kappa shape index (κ1) is 7.44. The van der Waals surface area contributed by atoms with Crippen LogP contribution in [0.25, 0.3) is 0 Å². The number of aryl methyl sites for hydroxylation is 1. The van der Waals surface area contributed by atoms with Crippen LogP contribution in [0.2, 0.25) is 0 Å². The molecule has 54 valence electrons. The Balaban J connectivity index is 3.17. The molecule has 1 aromatic carbocycles. The van der Waals surface area contributed by atoms with E-state index in [0.29, 0.717) is 0 Å². The smallest absolute Gasteiger partial charge is 0.0647 e. The average molecular weight is 154 g/mol. The standard InChI is InChI=1S/C7H10N2S/c1-5-3-2-4-6(10)7(5)9-8/h2-4,9-10H,8H2,1H3. The molecule has 0 heterocycles. The summed E-state index contributed by atoms with van der Waals surface area (Å²) in [6.45, 7) is 1.98. The SMILES string of the molecule is Cc1cccc(S)c1NN. The van der Waals surface area contributed by atoms with Gasteiger partial charge < -0.3 is 5.43 Å². The van der Waals surface area contributed by atoms with E-state index in [-0.39, 0.29) is 0 Å². The molecule has 0 unspecified atom stereocenters. The van der Waals surface area contributed by atoms with Gasteiger partial charge in [-0.05, 0) is 18.6 Å². The summed E-state index contributed by atoms with van der Waals surface area (Å²) in [5.74, 6) is 5.25. The van der Waals surface area contributed by atoms with Crippen molar-refractivity contribution in [3.8, 4) is 0 Å². The van der Waals surface area contributed by atoms with Crippen LogP contribution < -0.4 is 11.3 Å². The van der Waals surface area contributed by atoms with Gasteiger partial charge in [0.15, 0.2) is 0 Å². The van der Waals surface area contributed by atoms with Gasteiger partial charge in [-0.2, -0.15) is 0 Å². The molecule has 2 nitrogen and oxygen atoms in total. The molecule has 1 rings (SSSR count). The van der Waals surface area contributed by atoms with Crippen LogP contribution in [0.15, 0.2) is 23.1 Å². The molecule has 0 bridgehead atoms. The van der Waals surface area contributed by atoms with Crippen LogP contribution in [0.3, 0.4) is 0 Å². The molecule has 0 aromatic heterocycles. The first-order chi connectivity index (χ1) is 4.75. The van der Waals surface area contributed by atoms with E-state index in [0.717, 1.165) is 16.1 Å². The number of nitrogens with one attached hydrogen (secondary N) is 1. The highest BCUT2D eigenvalue weighted by Crippen LogP contribution is 2.21. The second-order valence-corrected chi connectivity index (χ2v) is 2.60. The van der Waals surface area contributed by atoms with Crippen molar-refractivity contribution < 1.29 is 0 Å². The lowest BCUT2D eigenvalue weighted by Gasteiger charge is -2.05. The Morgan fingerprint density at radius 3 is 2.60 bits per heavy atom. The Kier molecular flexibility index (Phi) is 2.19. The van der Waals surface area contributed by atoms with Gasteiger partial charge in [0.1, 0.15) is 0 Å². The maximum atomic E-state index is 5.25. The van der Waals surface area contributed by atoms with Gasteiger partial charge in [0.2, 0.25) is 0 Å². The molecular formula is C7H10N2S. The number of para-hydroxylation sites is 1. The Hall–Kier alpha value is -0.670. The number of nitrogen functional groups attached to an aromatic ring is 1. The predicted octanol–water partition coefficient (Wildman–Crippen LogP) is 1.57. The molecule has 0 fully saturated rings. The molecule has 0 radical (unpaired) electrons. The largest absolute Gasteiger partial charge is 0.323 e. The van der Waals surface area contributed by atoms with E-state index in [1.807, 2.05) is 25.1 Å². The lowest BCUT2D eigenvalue weighted by Crippen LogP contribution is -2.08. The monoisotopic (exact) mass is 154 g/mol. The van der Waals surface area contributed by atoms with Crippen LogP contribution in [0.4, 0.5) is 5.69 Å². The summed E-state index contributed by atoms with van der Waals surface area (Å²) in [4.78, 5) is 0.877. The van der Waals surface area contributed by atoms with E-state index in [1.54, 1.807) is 0 Å². The summed E-state index contributed by atoms with van der Waals surface area (Å²) in [6.07, 6.45) is 0. The fourth-order valence-electron chi connectivity index (χ4n) is 0.840. The molecule has 0 aliphatic rings. The lowest BCUT2D eigenvalue weighted by atomic mass is 10.2. The fourth-order valence-corrected chi connectivity index (χ4v) is 1.17. The highest BCUT2D eigenvalue weighted by molar-refractivity contribution is 7.80. The van der Waals surface area contributed by atoms with Crippen molar-refractivity contribution in [2.75, 3.05) is 5.43 Å². The van der Waals surface area contributed by atoms with Crippen LogP contribution in [0.5, 0.6) is 0 Å². The Morgan fingerprint density at radius 2 is 2.20 bits per heavy atom. The van der Waals surface area contributed by atoms with Gasteiger partial charge in [-0.15, -0.1) is 12.6 Å². The van der Waals surface area contributed by atoms with Gasteiger partial charge in [-0.3, -0.25) is 5.84 Å². The number of rotatable bonds is 1. The number of hydrazine groups is 1. The number of nitrogens with two attached hydrogens (primary N) is 1. The van der Waals surface area contributed by atoms with Crippen LogP contribution >= 0.6 is 12.6 Å². The maximum Gasteiger partial charge on any atom is 0.0647 e. The number of anilines is 1. The molecule has 0 aliphatic heterocycles. The topological polar surface area (TPSA) is 38.0 Å². The Bertz CT molecular complexity index is 215. The molecular weight excluding hydrogens is 144 g/mol. The summed E-state index contributed by atoms with van der Waals surface area (Å²) in [6, 6.07) is 5.82. The number of benzene rings is 1. The Labute approximate surface area is 65.8 Å². The molecule has 0 saturated carbocycles. The molecule has 1 aromatic rings. The van der Waals surface area contributed by atoms with Gasteiger partial charge in [-0.1, -0.05) is 12.1 Å². The first-order valence-corrected chi connectivity index (χ1v) is 3.45. The molecule has 0 saturated heterocycles. The molecule has 0 amide bonds. The zero-order chi connectivity index (χ0) is 7.56. The minimum atomic E-state index is 0.877. The molecule has 3 heteroatoms. The minimum absolute atomic E-state index is 0.877. The zero-order valence-corrected chi connectivity index (χ0v) is 6.65. The predicted molar refractivity (Wildman–Crippen MR) is 46.2 cm³/mol. The normalized spacial score (nSPS) is 9.50. The summed E-state index contributed by atoms with van der Waals surface area (Å²) >= 11 is 4.21. The third-order valence-corrected chi connectivity index (χ3v) is 1.77. The summed E-state index contributed by atoms with van der Waals surface area (Å²) in [5.41, 5.74) is 4.59. The molecule has 3 N–H and O–H groups in total. The van der Waals surface area contributed by atoms with Crippen molar-refractivity contribution >= 4 is 18.3 Å². The number of hydrogen-bond donors (Lipinski definition) is 3. The average Bonchev–Trinajstić information content (AvgIpc) is 1.88. The van der Waals surface area contributed by atoms with Crippen LogP contribution in [-0.2, 0) is 0 Å². The van der Waals surface area contributed by atoms with Gasteiger partial charge in [-0.25, -0.2) is 0 Å². The van der Waals surface area contributed by atoms with Gasteiger partial charge in [0.25, 0.3) is 0 Å². The first-order valence-electron chi connectivity index (χ1n) is 3.01. The van der Waals surface area contributed by atoms with E-state index in [1.165, 1.54) is 0 Å². The molecule has 0 spiro atoms. The fraction of sp³-hybridized carbons (Fsp3) is 0.143. The van der Waals surface area contributed by atoms with E-state index in [4.69, 9.17) is 5.84 Å². The van der Waals surface area contributed by atoms with Crippen molar-refractivity contribution in [2.24, 2.45) is 5.84 Å². The van der Waals surface area contributed by atoms with Gasteiger partial charge in [0.05, 0.1) is 5.69 Å². The highest BCUT2D eigenvalue weighted by Gasteiger charge is 1.97. The second-order valence-electron chi connectivity index (χ2n) is 2.11. The van der Waals surface area contributed by atoms with Crippen molar-refractivity contribution in [1.29, 1.82) is 0 Å². The van der Waals surface area contributed by atoms with Crippen molar-refractivity contribution in [3.05, 3.63) is 23.8 Å². The quantitative estimate of drug-likeness (QED) is 0.326. The van der Waals surface area contributed by atoms with Crippen molar-refractivity contribution in [3.63, 3.8) is 0 Å². The summed E-state index contributed by atoms with van der Waals surface area (Å²) in [7, 11) is 0. The van der Waals surface area contributed by atoms with Gasteiger partial charge >= 0.3 is 0 Å². The third-order valence-electron chi connectivity index (χ3n) is 1.40. The number of hydrogen-bond acceptors (Lipinski definition) is 3. The highest BCUT2D eigenvalue weighted by atomic mass is 32.1. The molecule has 0 aliphatic carbocycles. The minimum Gasteiger partial charge on any atom is -0.323 e. The van der Waals surface area contributed by atoms with Crippen molar-refractivity contribution in [1.82, 2.24) is 0 Å². The summed E-state index contributed by atoms with van der Waals surface area (Å²) in [5, 5.41) is 0.